The zero-order valence-corrected chi connectivity index (χ0v) is 9.08. The Labute approximate surface area is 101 Å². The Balaban J connectivity index is 3.76. The molecule has 1 rings (SSSR count). The van der Waals surface area contributed by atoms with Gasteiger partial charge in [-0.25, -0.2) is 13.2 Å². The Morgan fingerprint density at radius 1 is 1.11 bits per heavy atom. The lowest BCUT2D eigenvalue weighted by Gasteiger charge is -2.18. The maximum Gasteiger partial charge on any atom is 0.422 e. The first kappa shape index (κ1) is 15.1. The van der Waals surface area contributed by atoms with Crippen molar-refractivity contribution in [1.82, 2.24) is 0 Å². The standard InChI is InChI=1S/C9H5F7N2O/c1-2(19)18(16)8-5(11)3(9(13,14)15)4(10)6(12)7(8)17/h17H2,1H3. The number of alkyl halides is 3. The Hall–Kier alpha value is -2.00. The van der Waals surface area contributed by atoms with Gasteiger partial charge in [0.05, 0.1) is 0 Å². The third-order valence-corrected chi connectivity index (χ3v) is 2.09. The Morgan fingerprint density at radius 2 is 1.58 bits per heavy atom. The normalized spacial score (nSPS) is 11.6. The molecular formula is C9H5F7N2O. The highest BCUT2D eigenvalue weighted by atomic mass is 19.4. The SMILES string of the molecule is CC(=O)N(F)c1c(N)c(F)c(F)c(C(F)(F)F)c1F. The van der Waals surface area contributed by atoms with Gasteiger partial charge in [0.1, 0.15) is 16.9 Å². The summed E-state index contributed by atoms with van der Waals surface area (Å²) in [5.41, 5.74) is -1.29. The molecule has 0 fully saturated rings. The minimum absolute atomic E-state index is 0.521. The number of carbonyl (C=O) groups is 1. The van der Waals surface area contributed by atoms with Crippen LogP contribution >= 0.6 is 0 Å². The lowest BCUT2D eigenvalue weighted by atomic mass is 10.1. The van der Waals surface area contributed by atoms with Gasteiger partial charge in [-0.3, -0.25) is 4.79 Å². The number of nitrogen functional groups attached to an aromatic ring is 1. The summed E-state index contributed by atoms with van der Waals surface area (Å²) in [5, 5.41) is -1.14. The maximum absolute atomic E-state index is 13.4. The maximum atomic E-state index is 13.4. The predicted octanol–water partition coefficient (Wildman–Crippen LogP) is 2.94. The number of nitrogens with two attached hydrogens (primary N) is 1. The number of benzene rings is 1. The summed E-state index contributed by atoms with van der Waals surface area (Å²) in [5.74, 6) is -8.98. The minimum Gasteiger partial charge on any atom is -0.394 e. The van der Waals surface area contributed by atoms with E-state index >= 15 is 0 Å². The average molecular weight is 290 g/mol. The number of amides is 1. The molecule has 19 heavy (non-hydrogen) atoms. The molecule has 106 valence electrons. The molecule has 0 heterocycles. The van der Waals surface area contributed by atoms with Crippen LogP contribution in [0, 0.1) is 17.5 Å². The molecule has 0 bridgehead atoms. The highest BCUT2D eigenvalue weighted by Gasteiger charge is 2.43. The van der Waals surface area contributed by atoms with E-state index in [4.69, 9.17) is 5.73 Å². The largest absolute Gasteiger partial charge is 0.422 e. The van der Waals surface area contributed by atoms with Crippen molar-refractivity contribution in [2.75, 3.05) is 10.9 Å². The second kappa shape index (κ2) is 4.59. The lowest BCUT2D eigenvalue weighted by molar-refractivity contribution is -0.142. The summed E-state index contributed by atoms with van der Waals surface area (Å²) < 4.78 is 89.8. The molecule has 10 heteroatoms. The van der Waals surface area contributed by atoms with Crippen molar-refractivity contribution >= 4 is 17.3 Å². The van der Waals surface area contributed by atoms with Crippen LogP contribution in [0.2, 0.25) is 0 Å². The monoisotopic (exact) mass is 290 g/mol. The van der Waals surface area contributed by atoms with Gasteiger partial charge >= 0.3 is 6.18 Å². The van der Waals surface area contributed by atoms with Crippen LogP contribution in [0.3, 0.4) is 0 Å². The van der Waals surface area contributed by atoms with Crippen molar-refractivity contribution in [1.29, 1.82) is 0 Å². The Bertz CT molecular complexity index is 541. The van der Waals surface area contributed by atoms with E-state index in [0.29, 0.717) is 6.92 Å². The molecule has 1 aromatic rings. The summed E-state index contributed by atoms with van der Waals surface area (Å²) in [7, 11) is 0. The van der Waals surface area contributed by atoms with Crippen molar-refractivity contribution in [2.24, 2.45) is 0 Å². The van der Waals surface area contributed by atoms with Gasteiger partial charge in [-0.15, -0.1) is 5.12 Å². The second-order valence-corrected chi connectivity index (χ2v) is 3.38. The molecule has 1 aromatic carbocycles. The second-order valence-electron chi connectivity index (χ2n) is 3.38. The fourth-order valence-electron chi connectivity index (χ4n) is 1.26. The molecule has 0 atom stereocenters. The average Bonchev–Trinajstić information content (AvgIpc) is 2.24. The quantitative estimate of drug-likeness (QED) is 0.374. The molecule has 0 saturated carbocycles. The summed E-state index contributed by atoms with van der Waals surface area (Å²) in [4.78, 5) is 10.6. The summed E-state index contributed by atoms with van der Waals surface area (Å²) in [6, 6.07) is 0. The van der Waals surface area contributed by atoms with E-state index in [2.05, 4.69) is 0 Å². The molecule has 0 aliphatic heterocycles. The summed E-state index contributed by atoms with van der Waals surface area (Å²) in [6.07, 6.45) is -5.63. The number of hydrogen-bond donors (Lipinski definition) is 1. The van der Waals surface area contributed by atoms with E-state index in [0.717, 1.165) is 0 Å². The van der Waals surface area contributed by atoms with Crippen molar-refractivity contribution < 1.29 is 35.6 Å². The van der Waals surface area contributed by atoms with Gasteiger partial charge in [0, 0.05) is 6.92 Å². The van der Waals surface area contributed by atoms with Crippen molar-refractivity contribution in [3.63, 3.8) is 0 Å². The van der Waals surface area contributed by atoms with E-state index in [-0.39, 0.29) is 0 Å². The van der Waals surface area contributed by atoms with Gasteiger partial charge in [0.25, 0.3) is 5.91 Å². The molecule has 2 N–H and O–H groups in total. The third-order valence-electron chi connectivity index (χ3n) is 2.09. The van der Waals surface area contributed by atoms with Crippen LogP contribution in [0.1, 0.15) is 12.5 Å². The molecule has 0 saturated heterocycles. The van der Waals surface area contributed by atoms with Crippen molar-refractivity contribution in [2.45, 2.75) is 13.1 Å². The molecule has 0 spiro atoms. The number of anilines is 2. The lowest BCUT2D eigenvalue weighted by Crippen LogP contribution is -2.24. The van der Waals surface area contributed by atoms with Gasteiger partial charge < -0.3 is 5.73 Å². The molecule has 0 aliphatic carbocycles. The van der Waals surface area contributed by atoms with E-state index in [1.54, 1.807) is 0 Å². The number of rotatable bonds is 1. The van der Waals surface area contributed by atoms with Crippen LogP contribution in [0.5, 0.6) is 0 Å². The van der Waals surface area contributed by atoms with Crippen LogP contribution < -0.4 is 10.9 Å². The first-order chi connectivity index (χ1) is 8.50. The summed E-state index contributed by atoms with van der Waals surface area (Å²) in [6.45, 7) is 0.521. The molecule has 0 aromatic heterocycles. The molecular weight excluding hydrogens is 285 g/mol. The van der Waals surface area contributed by atoms with E-state index < -0.39 is 51.6 Å². The van der Waals surface area contributed by atoms with Crippen LogP contribution in [0.25, 0.3) is 0 Å². The predicted molar refractivity (Wildman–Crippen MR) is 50.0 cm³/mol. The van der Waals surface area contributed by atoms with E-state index in [1.165, 1.54) is 0 Å². The molecule has 0 radical (unpaired) electrons. The molecule has 0 aliphatic rings. The first-order valence-electron chi connectivity index (χ1n) is 4.49. The Kier molecular flexibility index (Phi) is 3.64. The minimum atomic E-state index is -5.63. The zero-order valence-electron chi connectivity index (χ0n) is 9.08. The number of nitrogens with zero attached hydrogens (tertiary/aromatic N) is 1. The van der Waals surface area contributed by atoms with Gasteiger partial charge in [0.2, 0.25) is 0 Å². The molecule has 3 nitrogen and oxygen atoms in total. The van der Waals surface area contributed by atoms with Crippen LogP contribution in [0.15, 0.2) is 0 Å². The fourth-order valence-corrected chi connectivity index (χ4v) is 1.26. The fraction of sp³-hybridized carbons (Fsp3) is 0.222. The zero-order chi connectivity index (χ0) is 15.1. The van der Waals surface area contributed by atoms with Crippen LogP contribution in [-0.4, -0.2) is 5.91 Å². The van der Waals surface area contributed by atoms with Gasteiger partial charge in [-0.1, -0.05) is 4.48 Å². The smallest absolute Gasteiger partial charge is 0.394 e. The topological polar surface area (TPSA) is 46.3 Å². The van der Waals surface area contributed by atoms with Crippen LogP contribution in [0.4, 0.5) is 42.2 Å². The van der Waals surface area contributed by atoms with Crippen LogP contribution in [-0.2, 0) is 11.0 Å². The van der Waals surface area contributed by atoms with Crippen molar-refractivity contribution in [3.05, 3.63) is 23.0 Å². The Morgan fingerprint density at radius 3 is 1.95 bits per heavy atom. The van der Waals surface area contributed by atoms with Gasteiger partial charge in [-0.05, 0) is 0 Å². The third kappa shape index (κ3) is 2.42. The van der Waals surface area contributed by atoms with E-state index in [9.17, 15) is 35.6 Å². The number of hydrogen-bond acceptors (Lipinski definition) is 2. The van der Waals surface area contributed by atoms with Gasteiger partial charge in [-0.2, -0.15) is 13.2 Å². The van der Waals surface area contributed by atoms with Gasteiger partial charge in [0.15, 0.2) is 17.5 Å². The highest BCUT2D eigenvalue weighted by molar-refractivity contribution is 5.93. The van der Waals surface area contributed by atoms with E-state index in [1.807, 2.05) is 0 Å². The highest BCUT2D eigenvalue weighted by Crippen LogP contribution is 2.41. The molecule has 0 unspecified atom stereocenters. The van der Waals surface area contributed by atoms with Crippen molar-refractivity contribution in [3.8, 4) is 0 Å². The number of halogens is 7. The first-order valence-corrected chi connectivity index (χ1v) is 4.49. The molecule has 1 amide bonds. The summed E-state index contributed by atoms with van der Waals surface area (Å²) >= 11 is 0. The number of carbonyl (C=O) groups excluding carboxylic acids is 1.